The third-order valence-electron chi connectivity index (χ3n) is 6.38. The minimum Gasteiger partial charge on any atom is -0.481 e. The Labute approximate surface area is 160 Å². The van der Waals surface area contributed by atoms with Gasteiger partial charge in [-0.15, -0.1) is 0 Å². The van der Waals surface area contributed by atoms with Gasteiger partial charge in [0.15, 0.2) is 0 Å². The number of nitrogens with one attached hydrogen (secondary N) is 1. The first-order valence-corrected chi connectivity index (χ1v) is 9.68. The minimum atomic E-state index is 0.00464. The average molecular weight is 368 g/mol. The zero-order valence-corrected chi connectivity index (χ0v) is 16.4. The summed E-state index contributed by atoms with van der Waals surface area (Å²) in [6.45, 7) is 4.01. The molecule has 0 radical (unpaired) electrons. The molecule has 144 valence electrons. The van der Waals surface area contributed by atoms with E-state index in [9.17, 15) is 4.79 Å². The van der Waals surface area contributed by atoms with Crippen molar-refractivity contribution >= 4 is 6.03 Å². The lowest BCUT2D eigenvalue weighted by Gasteiger charge is -2.43. The first kappa shape index (κ1) is 17.9. The molecule has 1 aliphatic heterocycles. The highest BCUT2D eigenvalue weighted by Gasteiger charge is 2.51. The Balaban J connectivity index is 1.46. The van der Waals surface area contributed by atoms with Crippen molar-refractivity contribution < 1.29 is 9.53 Å². The van der Waals surface area contributed by atoms with Gasteiger partial charge < -0.3 is 15.0 Å². The van der Waals surface area contributed by atoms with Crippen LogP contribution in [0.2, 0.25) is 0 Å². The maximum Gasteiger partial charge on any atom is 0.317 e. The summed E-state index contributed by atoms with van der Waals surface area (Å²) in [6.07, 6.45) is 3.70. The molecule has 2 aromatic rings. The first-order valence-electron chi connectivity index (χ1n) is 9.68. The van der Waals surface area contributed by atoms with E-state index in [1.54, 1.807) is 11.8 Å². The quantitative estimate of drug-likeness (QED) is 0.901. The second kappa shape index (κ2) is 6.91. The standard InChI is InChI=1S/C21H28N4O2/c1-15-17(19(27-3)24(2)23-15)12-22-20(26)25-13-18(16-8-5-4-6-9-16)21(14-25)10-7-11-21/h4-6,8-9,18H,7,10-14H2,1-3H3,(H,22,26). The molecule has 6 nitrogen and oxygen atoms in total. The molecule has 0 bridgehead atoms. The van der Waals surface area contributed by atoms with Gasteiger partial charge in [-0.2, -0.15) is 5.10 Å². The molecule has 2 aliphatic rings. The molecule has 1 aliphatic carbocycles. The van der Waals surface area contributed by atoms with Crippen LogP contribution in [0.4, 0.5) is 4.79 Å². The number of benzene rings is 1. The van der Waals surface area contributed by atoms with Gasteiger partial charge in [0.05, 0.1) is 24.9 Å². The van der Waals surface area contributed by atoms with E-state index >= 15 is 0 Å². The molecule has 1 aromatic heterocycles. The number of carbonyl (C=O) groups is 1. The number of hydrogen-bond acceptors (Lipinski definition) is 3. The molecule has 2 heterocycles. The van der Waals surface area contributed by atoms with Crippen LogP contribution in [-0.2, 0) is 13.6 Å². The Bertz CT molecular complexity index is 826. The highest BCUT2D eigenvalue weighted by atomic mass is 16.5. The van der Waals surface area contributed by atoms with E-state index < -0.39 is 0 Å². The lowest BCUT2D eigenvalue weighted by atomic mass is 9.61. The highest BCUT2D eigenvalue weighted by molar-refractivity contribution is 5.75. The molecule has 2 amide bonds. The largest absolute Gasteiger partial charge is 0.481 e. The fourth-order valence-corrected chi connectivity index (χ4v) is 4.82. The smallest absolute Gasteiger partial charge is 0.317 e. The lowest BCUT2D eigenvalue weighted by Crippen LogP contribution is -2.41. The van der Waals surface area contributed by atoms with E-state index in [4.69, 9.17) is 4.74 Å². The molecular weight excluding hydrogens is 340 g/mol. The Morgan fingerprint density at radius 3 is 2.70 bits per heavy atom. The van der Waals surface area contributed by atoms with Gasteiger partial charge >= 0.3 is 6.03 Å². The maximum atomic E-state index is 12.9. The van der Waals surface area contributed by atoms with E-state index in [1.807, 2.05) is 18.9 Å². The van der Waals surface area contributed by atoms with Gasteiger partial charge in [0.25, 0.3) is 0 Å². The fourth-order valence-electron chi connectivity index (χ4n) is 4.82. The number of aryl methyl sites for hydroxylation is 2. The fraction of sp³-hybridized carbons (Fsp3) is 0.524. The average Bonchev–Trinajstić information content (AvgIpc) is 3.18. The number of nitrogens with zero attached hydrogens (tertiary/aromatic N) is 3. The van der Waals surface area contributed by atoms with Crippen molar-refractivity contribution in [1.29, 1.82) is 0 Å². The first-order chi connectivity index (χ1) is 13.0. The van der Waals surface area contributed by atoms with Crippen LogP contribution < -0.4 is 10.1 Å². The third-order valence-corrected chi connectivity index (χ3v) is 6.38. The summed E-state index contributed by atoms with van der Waals surface area (Å²) in [7, 11) is 3.48. The molecule has 2 fully saturated rings. The number of ether oxygens (including phenoxy) is 1. The van der Waals surface area contributed by atoms with Gasteiger partial charge in [0.1, 0.15) is 0 Å². The number of hydrogen-bond donors (Lipinski definition) is 1. The summed E-state index contributed by atoms with van der Waals surface area (Å²) in [5, 5.41) is 7.46. The van der Waals surface area contributed by atoms with Crippen molar-refractivity contribution in [3.8, 4) is 5.88 Å². The molecule has 1 N–H and O–H groups in total. The molecule has 1 atom stereocenters. The monoisotopic (exact) mass is 368 g/mol. The summed E-state index contributed by atoms with van der Waals surface area (Å²) >= 11 is 0. The summed E-state index contributed by atoms with van der Waals surface area (Å²) in [5.74, 6) is 1.14. The van der Waals surface area contributed by atoms with E-state index in [0.717, 1.165) is 24.3 Å². The summed E-state index contributed by atoms with van der Waals surface area (Å²) < 4.78 is 7.13. The maximum absolute atomic E-state index is 12.9. The van der Waals surface area contributed by atoms with Crippen molar-refractivity contribution in [2.45, 2.75) is 38.6 Å². The van der Waals surface area contributed by atoms with Crippen LogP contribution in [0.1, 0.15) is 42.0 Å². The van der Waals surface area contributed by atoms with Crippen LogP contribution in [0.3, 0.4) is 0 Å². The predicted molar refractivity (Wildman–Crippen MR) is 104 cm³/mol. The van der Waals surface area contributed by atoms with Crippen LogP contribution in [0, 0.1) is 12.3 Å². The van der Waals surface area contributed by atoms with E-state index in [-0.39, 0.29) is 11.4 Å². The van der Waals surface area contributed by atoms with Gasteiger partial charge in [-0.25, -0.2) is 9.48 Å². The topological polar surface area (TPSA) is 59.4 Å². The molecule has 1 saturated carbocycles. The van der Waals surface area contributed by atoms with Crippen molar-refractivity contribution in [3.63, 3.8) is 0 Å². The van der Waals surface area contributed by atoms with Crippen LogP contribution >= 0.6 is 0 Å². The number of likely N-dealkylation sites (tertiary alicyclic amines) is 1. The SMILES string of the molecule is COc1c(CNC(=O)N2CC(c3ccccc3)C3(CCC3)C2)c(C)nn1C. The molecule has 4 rings (SSSR count). The van der Waals surface area contributed by atoms with Gasteiger partial charge in [-0.1, -0.05) is 36.8 Å². The number of amides is 2. The summed E-state index contributed by atoms with van der Waals surface area (Å²) in [6, 6.07) is 10.7. The van der Waals surface area contributed by atoms with Crippen LogP contribution in [-0.4, -0.2) is 40.9 Å². The van der Waals surface area contributed by atoms with Gasteiger partial charge in [0, 0.05) is 26.1 Å². The molecule has 1 unspecified atom stereocenters. The molecule has 6 heteroatoms. The van der Waals surface area contributed by atoms with E-state index in [2.05, 4.69) is 40.7 Å². The van der Waals surface area contributed by atoms with Crippen molar-refractivity contribution in [3.05, 3.63) is 47.2 Å². The third kappa shape index (κ3) is 3.07. The Kier molecular flexibility index (Phi) is 4.58. The highest BCUT2D eigenvalue weighted by Crippen LogP contribution is 2.55. The van der Waals surface area contributed by atoms with Crippen LogP contribution in [0.25, 0.3) is 0 Å². The van der Waals surface area contributed by atoms with Crippen LogP contribution in [0.15, 0.2) is 30.3 Å². The van der Waals surface area contributed by atoms with E-state index in [1.165, 1.54) is 24.8 Å². The number of aromatic nitrogens is 2. The molecule has 1 saturated heterocycles. The zero-order chi connectivity index (χ0) is 19.0. The van der Waals surface area contributed by atoms with Gasteiger partial charge in [-0.05, 0) is 30.7 Å². The van der Waals surface area contributed by atoms with Crippen molar-refractivity contribution in [2.24, 2.45) is 12.5 Å². The molecular formula is C21H28N4O2. The Morgan fingerprint density at radius 1 is 1.33 bits per heavy atom. The number of carbonyl (C=O) groups excluding carboxylic acids is 1. The van der Waals surface area contributed by atoms with Crippen molar-refractivity contribution in [2.75, 3.05) is 20.2 Å². The second-order valence-electron chi connectivity index (χ2n) is 7.92. The predicted octanol–water partition coefficient (Wildman–Crippen LogP) is 3.22. The second-order valence-corrected chi connectivity index (χ2v) is 7.92. The number of rotatable bonds is 4. The Hall–Kier alpha value is -2.50. The number of urea groups is 1. The van der Waals surface area contributed by atoms with Crippen molar-refractivity contribution in [1.82, 2.24) is 20.0 Å². The normalized spacial score (nSPS) is 20.6. The minimum absolute atomic E-state index is 0.00464. The molecule has 1 aromatic carbocycles. The zero-order valence-electron chi connectivity index (χ0n) is 16.4. The lowest BCUT2D eigenvalue weighted by molar-refractivity contribution is 0.123. The number of methoxy groups -OCH3 is 1. The van der Waals surface area contributed by atoms with Gasteiger partial charge in [-0.3, -0.25) is 0 Å². The summed E-state index contributed by atoms with van der Waals surface area (Å²) in [5.41, 5.74) is 3.44. The van der Waals surface area contributed by atoms with E-state index in [0.29, 0.717) is 18.3 Å². The molecule has 1 spiro atoms. The van der Waals surface area contributed by atoms with Crippen LogP contribution in [0.5, 0.6) is 5.88 Å². The van der Waals surface area contributed by atoms with Gasteiger partial charge in [0.2, 0.25) is 5.88 Å². The molecule has 27 heavy (non-hydrogen) atoms. The summed E-state index contributed by atoms with van der Waals surface area (Å²) in [4.78, 5) is 14.9. The Morgan fingerprint density at radius 2 is 2.07 bits per heavy atom.